The Morgan fingerprint density at radius 1 is 0.909 bits per heavy atom. The molecule has 5 atom stereocenters. The van der Waals surface area contributed by atoms with Crippen LogP contribution in [0.1, 0.15) is 26.3 Å². The molecule has 0 heterocycles. The normalized spacial score (nSPS) is 15.6. The highest BCUT2D eigenvalue weighted by Crippen LogP contribution is 2.11. The lowest BCUT2D eigenvalue weighted by molar-refractivity contribution is -0.142. The maximum Gasteiger partial charge on any atom is 0.326 e. The number of hydrogen-bond acceptors (Lipinski definition) is 8. The van der Waals surface area contributed by atoms with Crippen molar-refractivity contribution in [2.75, 3.05) is 6.61 Å². The van der Waals surface area contributed by atoms with Gasteiger partial charge >= 0.3 is 5.97 Å². The van der Waals surface area contributed by atoms with E-state index < -0.39 is 60.6 Å². The SMILES string of the molecule is CC(C)[C@H](N)C(=O)N[C@H](C(=O)N[C@@H](CO)C(=O)N[C@@H](Cc1ccc(O)cc1)C(=O)O)[C@@H](C)O. The van der Waals surface area contributed by atoms with E-state index in [1.54, 1.807) is 13.8 Å². The number of aliphatic carboxylic acids is 1. The minimum Gasteiger partial charge on any atom is -0.508 e. The van der Waals surface area contributed by atoms with Crippen LogP contribution in [0.5, 0.6) is 5.75 Å². The molecule has 0 unspecified atom stereocenters. The molecule has 0 aliphatic heterocycles. The lowest BCUT2D eigenvalue weighted by Gasteiger charge is -2.26. The summed E-state index contributed by atoms with van der Waals surface area (Å²) in [4.78, 5) is 48.8. The van der Waals surface area contributed by atoms with Crippen molar-refractivity contribution in [1.82, 2.24) is 16.0 Å². The third-order valence-corrected chi connectivity index (χ3v) is 4.89. The highest BCUT2D eigenvalue weighted by atomic mass is 16.4. The number of phenols is 1. The van der Waals surface area contributed by atoms with Crippen molar-refractivity contribution < 1.29 is 39.6 Å². The van der Waals surface area contributed by atoms with Gasteiger partial charge in [-0.2, -0.15) is 0 Å². The van der Waals surface area contributed by atoms with E-state index in [2.05, 4.69) is 16.0 Å². The first-order chi connectivity index (χ1) is 15.4. The highest BCUT2D eigenvalue weighted by molar-refractivity contribution is 5.94. The molecule has 3 amide bonds. The Kier molecular flexibility index (Phi) is 10.7. The molecule has 0 saturated carbocycles. The van der Waals surface area contributed by atoms with Crippen LogP contribution >= 0.6 is 0 Å². The van der Waals surface area contributed by atoms with Gasteiger partial charge in [-0.3, -0.25) is 14.4 Å². The smallest absolute Gasteiger partial charge is 0.326 e. The Morgan fingerprint density at radius 2 is 1.45 bits per heavy atom. The van der Waals surface area contributed by atoms with Gasteiger partial charge in [0.2, 0.25) is 17.7 Å². The van der Waals surface area contributed by atoms with E-state index in [1.807, 2.05) is 0 Å². The lowest BCUT2D eigenvalue weighted by Crippen LogP contribution is -2.61. The Labute approximate surface area is 191 Å². The molecule has 0 aliphatic carbocycles. The molecule has 0 spiro atoms. The molecule has 12 nitrogen and oxygen atoms in total. The zero-order valence-electron chi connectivity index (χ0n) is 18.7. The largest absolute Gasteiger partial charge is 0.508 e. The van der Waals surface area contributed by atoms with E-state index in [-0.39, 0.29) is 18.1 Å². The monoisotopic (exact) mass is 468 g/mol. The maximum atomic E-state index is 12.6. The highest BCUT2D eigenvalue weighted by Gasteiger charge is 2.32. The molecule has 0 saturated heterocycles. The van der Waals surface area contributed by atoms with Crippen molar-refractivity contribution in [3.63, 3.8) is 0 Å². The second-order valence-electron chi connectivity index (χ2n) is 8.01. The second-order valence-corrected chi connectivity index (χ2v) is 8.01. The number of aliphatic hydroxyl groups is 2. The number of carbonyl (C=O) groups is 4. The number of hydrogen-bond donors (Lipinski definition) is 8. The fourth-order valence-electron chi connectivity index (χ4n) is 2.75. The Hall–Kier alpha value is -3.22. The molecule has 0 bridgehead atoms. The van der Waals surface area contributed by atoms with Crippen LogP contribution < -0.4 is 21.7 Å². The van der Waals surface area contributed by atoms with Crippen LogP contribution in [0.3, 0.4) is 0 Å². The molecule has 1 rings (SSSR count). The van der Waals surface area contributed by atoms with Crippen LogP contribution in [-0.2, 0) is 25.6 Å². The van der Waals surface area contributed by atoms with E-state index in [4.69, 9.17) is 5.73 Å². The van der Waals surface area contributed by atoms with Gasteiger partial charge in [-0.15, -0.1) is 0 Å². The van der Waals surface area contributed by atoms with E-state index in [1.165, 1.54) is 31.2 Å². The topological polar surface area (TPSA) is 211 Å². The first kappa shape index (κ1) is 27.8. The third-order valence-electron chi connectivity index (χ3n) is 4.89. The van der Waals surface area contributed by atoms with Crippen LogP contribution in [0, 0.1) is 5.92 Å². The molecule has 0 aliphatic rings. The lowest BCUT2D eigenvalue weighted by atomic mass is 10.0. The summed E-state index contributed by atoms with van der Waals surface area (Å²) < 4.78 is 0. The predicted molar refractivity (Wildman–Crippen MR) is 117 cm³/mol. The van der Waals surface area contributed by atoms with Crippen LogP contribution in [0.2, 0.25) is 0 Å². The minimum atomic E-state index is -1.55. The summed E-state index contributed by atoms with van der Waals surface area (Å²) in [5.41, 5.74) is 6.26. The number of carboxylic acid groups (broad SMARTS) is 1. The quantitative estimate of drug-likeness (QED) is 0.167. The fraction of sp³-hybridized carbons (Fsp3) is 0.524. The number of carbonyl (C=O) groups excluding carboxylic acids is 3. The van der Waals surface area contributed by atoms with E-state index in [0.717, 1.165) is 0 Å². The first-order valence-corrected chi connectivity index (χ1v) is 10.3. The summed E-state index contributed by atoms with van der Waals surface area (Å²) in [6, 6.07) is 0.371. The summed E-state index contributed by atoms with van der Waals surface area (Å²) in [5.74, 6) is -4.22. The molecule has 9 N–H and O–H groups in total. The molecule has 0 fully saturated rings. The number of aromatic hydroxyl groups is 1. The van der Waals surface area contributed by atoms with Crippen molar-refractivity contribution >= 4 is 23.7 Å². The summed E-state index contributed by atoms with van der Waals surface area (Å²) in [6.45, 7) is 3.78. The number of rotatable bonds is 12. The predicted octanol–water partition coefficient (Wildman–Crippen LogP) is -2.17. The number of nitrogens with two attached hydrogens (primary N) is 1. The average Bonchev–Trinajstić information content (AvgIpc) is 2.75. The van der Waals surface area contributed by atoms with Crippen LogP contribution in [-0.4, -0.2) is 81.0 Å². The Bertz CT molecular complexity index is 828. The first-order valence-electron chi connectivity index (χ1n) is 10.3. The molecular weight excluding hydrogens is 436 g/mol. The number of phenolic OH excluding ortho intramolecular Hbond substituents is 1. The minimum absolute atomic E-state index is 0.00757. The van der Waals surface area contributed by atoms with Crippen molar-refractivity contribution in [3.05, 3.63) is 29.8 Å². The molecule has 0 radical (unpaired) electrons. The van der Waals surface area contributed by atoms with Crippen molar-refractivity contribution in [1.29, 1.82) is 0 Å². The van der Waals surface area contributed by atoms with Gasteiger partial charge in [-0.1, -0.05) is 26.0 Å². The van der Waals surface area contributed by atoms with Gasteiger partial charge in [0.05, 0.1) is 18.8 Å². The van der Waals surface area contributed by atoms with Gasteiger partial charge in [0.25, 0.3) is 0 Å². The van der Waals surface area contributed by atoms with Gasteiger partial charge in [0.15, 0.2) is 0 Å². The maximum absolute atomic E-state index is 12.6. The van der Waals surface area contributed by atoms with Crippen LogP contribution in [0.15, 0.2) is 24.3 Å². The van der Waals surface area contributed by atoms with Gasteiger partial charge in [0, 0.05) is 6.42 Å². The molecule has 0 aromatic heterocycles. The van der Waals surface area contributed by atoms with Gasteiger partial charge in [-0.05, 0) is 30.5 Å². The number of carboxylic acids is 1. The molecule has 1 aromatic carbocycles. The Balaban J connectivity index is 2.86. The van der Waals surface area contributed by atoms with Crippen LogP contribution in [0.25, 0.3) is 0 Å². The van der Waals surface area contributed by atoms with Crippen molar-refractivity contribution in [2.45, 2.75) is 57.5 Å². The second kappa shape index (κ2) is 12.7. The summed E-state index contributed by atoms with van der Waals surface area (Å²) in [5, 5.41) is 44.9. The fourth-order valence-corrected chi connectivity index (χ4v) is 2.75. The van der Waals surface area contributed by atoms with Crippen LogP contribution in [0.4, 0.5) is 0 Å². The molecule has 1 aromatic rings. The average molecular weight is 469 g/mol. The van der Waals surface area contributed by atoms with Gasteiger partial charge in [0.1, 0.15) is 23.9 Å². The molecular formula is C21H32N4O8. The zero-order valence-corrected chi connectivity index (χ0v) is 18.7. The Morgan fingerprint density at radius 3 is 1.91 bits per heavy atom. The van der Waals surface area contributed by atoms with Crippen molar-refractivity contribution in [2.24, 2.45) is 11.7 Å². The van der Waals surface area contributed by atoms with Crippen molar-refractivity contribution in [3.8, 4) is 5.75 Å². The van der Waals surface area contributed by atoms with E-state index in [0.29, 0.717) is 5.56 Å². The number of aliphatic hydroxyl groups excluding tert-OH is 2. The summed E-state index contributed by atoms with van der Waals surface area (Å²) in [6.07, 6.45) is -1.47. The summed E-state index contributed by atoms with van der Waals surface area (Å²) >= 11 is 0. The molecule has 33 heavy (non-hydrogen) atoms. The molecule has 12 heteroatoms. The molecule has 184 valence electrons. The van der Waals surface area contributed by atoms with E-state index >= 15 is 0 Å². The number of benzene rings is 1. The summed E-state index contributed by atoms with van der Waals surface area (Å²) in [7, 11) is 0. The third kappa shape index (κ3) is 8.67. The van der Waals surface area contributed by atoms with E-state index in [9.17, 15) is 39.6 Å². The van der Waals surface area contributed by atoms with Gasteiger partial charge < -0.3 is 42.1 Å². The standard InChI is InChI=1S/C21H32N4O8/c1-10(2)16(22)19(30)25-17(11(3)27)20(31)24-15(9-26)18(29)23-14(21(32)33)8-12-4-6-13(28)7-5-12/h4-7,10-11,14-17,26-28H,8-9,22H2,1-3H3,(H,23,29)(H,24,31)(H,25,30)(H,32,33)/t11-,14+,15+,16+,17+/m1/s1. The van der Waals surface area contributed by atoms with Gasteiger partial charge in [-0.25, -0.2) is 4.79 Å². The number of nitrogens with one attached hydrogen (secondary N) is 3. The zero-order chi connectivity index (χ0) is 25.3. The number of amides is 3.